The van der Waals surface area contributed by atoms with Crippen molar-refractivity contribution in [1.82, 2.24) is 0 Å². The Morgan fingerprint density at radius 3 is 2.93 bits per heavy atom. The molecule has 0 bridgehead atoms. The molecule has 3 atom stereocenters. The van der Waals surface area contributed by atoms with E-state index in [1.807, 2.05) is 0 Å². The lowest BCUT2D eigenvalue weighted by Gasteiger charge is -2.32. The van der Waals surface area contributed by atoms with Gasteiger partial charge in [0.1, 0.15) is 0 Å². The van der Waals surface area contributed by atoms with Crippen molar-refractivity contribution in [3.8, 4) is 0 Å². The fourth-order valence-corrected chi connectivity index (χ4v) is 3.41. The van der Waals surface area contributed by atoms with Crippen LogP contribution in [-0.2, 0) is 0 Å². The summed E-state index contributed by atoms with van der Waals surface area (Å²) in [6.07, 6.45) is 3.50. The van der Waals surface area contributed by atoms with Gasteiger partial charge in [0.2, 0.25) is 0 Å². The zero-order valence-corrected chi connectivity index (χ0v) is 9.94. The van der Waals surface area contributed by atoms with Crippen molar-refractivity contribution in [1.29, 1.82) is 0 Å². The smallest absolute Gasteiger partial charge is 0.0963 e. The Balaban J connectivity index is 2.20. The van der Waals surface area contributed by atoms with Gasteiger partial charge in [0.05, 0.1) is 4.34 Å². The van der Waals surface area contributed by atoms with E-state index in [-0.39, 0.29) is 0 Å². The Morgan fingerprint density at radius 1 is 1.50 bits per heavy atom. The number of halogens is 1. The van der Waals surface area contributed by atoms with Crippen molar-refractivity contribution in [2.24, 2.45) is 11.7 Å². The molecular weight excluding hydrogens is 214 g/mol. The lowest BCUT2D eigenvalue weighted by Crippen LogP contribution is -2.31. The highest BCUT2D eigenvalue weighted by Gasteiger charge is 2.28. The van der Waals surface area contributed by atoms with Gasteiger partial charge in [-0.1, -0.05) is 18.5 Å². The molecule has 0 saturated heterocycles. The van der Waals surface area contributed by atoms with Crippen LogP contribution in [0.1, 0.15) is 37.7 Å². The third-order valence-corrected chi connectivity index (χ3v) is 4.48. The van der Waals surface area contributed by atoms with Crippen LogP contribution < -0.4 is 5.73 Å². The van der Waals surface area contributed by atoms with Crippen molar-refractivity contribution in [2.75, 3.05) is 0 Å². The zero-order valence-electron chi connectivity index (χ0n) is 8.37. The van der Waals surface area contributed by atoms with Gasteiger partial charge in [-0.3, -0.25) is 0 Å². The average molecular weight is 230 g/mol. The zero-order chi connectivity index (χ0) is 10.1. The van der Waals surface area contributed by atoms with Gasteiger partial charge in [0, 0.05) is 6.04 Å². The molecule has 0 radical (unpaired) electrons. The first-order chi connectivity index (χ1) is 6.68. The molecule has 2 N–H and O–H groups in total. The monoisotopic (exact) mass is 229 g/mol. The molecule has 1 saturated carbocycles. The molecule has 1 aliphatic rings. The topological polar surface area (TPSA) is 26.0 Å². The van der Waals surface area contributed by atoms with E-state index in [1.165, 1.54) is 18.4 Å². The fourth-order valence-electron chi connectivity index (χ4n) is 2.36. The molecule has 0 spiro atoms. The average Bonchev–Trinajstić information content (AvgIpc) is 2.56. The molecule has 0 aromatic carbocycles. The molecule has 1 aromatic rings. The van der Waals surface area contributed by atoms with Crippen molar-refractivity contribution in [3.63, 3.8) is 0 Å². The van der Waals surface area contributed by atoms with Gasteiger partial charge in [-0.05, 0) is 48.1 Å². The summed E-state index contributed by atoms with van der Waals surface area (Å²) in [4.78, 5) is 0. The van der Waals surface area contributed by atoms with E-state index in [1.54, 1.807) is 11.3 Å². The lowest BCUT2D eigenvalue weighted by molar-refractivity contribution is 0.300. The summed E-state index contributed by atoms with van der Waals surface area (Å²) in [7, 11) is 0. The molecule has 1 aromatic heterocycles. The fraction of sp³-hybridized carbons (Fsp3) is 0.636. The van der Waals surface area contributed by atoms with Crippen LogP contribution >= 0.6 is 22.9 Å². The van der Waals surface area contributed by atoms with Crippen LogP contribution in [0, 0.1) is 5.92 Å². The predicted octanol–water partition coefficient (Wildman–Crippen LogP) is 3.63. The summed E-state index contributed by atoms with van der Waals surface area (Å²) in [5.41, 5.74) is 7.32. The molecular formula is C11H16ClNS. The highest BCUT2D eigenvalue weighted by Crippen LogP contribution is 2.41. The van der Waals surface area contributed by atoms with Gasteiger partial charge in [-0.15, -0.1) is 11.3 Å². The predicted molar refractivity (Wildman–Crippen MR) is 63.1 cm³/mol. The van der Waals surface area contributed by atoms with Crippen LogP contribution in [0.5, 0.6) is 0 Å². The Hall–Kier alpha value is -0.0500. The van der Waals surface area contributed by atoms with E-state index in [2.05, 4.69) is 18.4 Å². The number of nitrogens with two attached hydrogens (primary N) is 1. The molecule has 1 fully saturated rings. The molecule has 3 unspecified atom stereocenters. The van der Waals surface area contributed by atoms with Crippen molar-refractivity contribution < 1.29 is 0 Å². The quantitative estimate of drug-likeness (QED) is 0.782. The van der Waals surface area contributed by atoms with Crippen molar-refractivity contribution in [3.05, 3.63) is 21.3 Å². The second-order valence-corrected chi connectivity index (χ2v) is 5.82. The summed E-state index contributed by atoms with van der Waals surface area (Å²) >= 11 is 7.79. The summed E-state index contributed by atoms with van der Waals surface area (Å²) in [6, 6.07) is 2.53. The summed E-state index contributed by atoms with van der Waals surface area (Å²) in [6.45, 7) is 2.31. The van der Waals surface area contributed by atoms with Crippen LogP contribution in [0.2, 0.25) is 4.34 Å². The van der Waals surface area contributed by atoms with Gasteiger partial charge in [0.15, 0.2) is 0 Å². The molecule has 78 valence electrons. The Kier molecular flexibility index (Phi) is 3.15. The SMILES string of the molecule is CC1CCC(N)CC1c1ccsc1Cl. The lowest BCUT2D eigenvalue weighted by atomic mass is 9.75. The summed E-state index contributed by atoms with van der Waals surface area (Å²) < 4.78 is 0.955. The molecule has 1 heterocycles. The van der Waals surface area contributed by atoms with E-state index in [4.69, 9.17) is 17.3 Å². The van der Waals surface area contributed by atoms with Crippen molar-refractivity contribution in [2.45, 2.75) is 38.1 Å². The number of thiophene rings is 1. The molecule has 1 nitrogen and oxygen atoms in total. The number of rotatable bonds is 1. The van der Waals surface area contributed by atoms with Crippen LogP contribution in [0.25, 0.3) is 0 Å². The van der Waals surface area contributed by atoms with Gasteiger partial charge in [-0.2, -0.15) is 0 Å². The van der Waals surface area contributed by atoms with Gasteiger partial charge in [0.25, 0.3) is 0 Å². The third-order valence-electron chi connectivity index (χ3n) is 3.28. The maximum absolute atomic E-state index is 6.16. The molecule has 3 heteroatoms. The normalized spacial score (nSPS) is 33.2. The molecule has 1 aliphatic carbocycles. The minimum absolute atomic E-state index is 0.368. The molecule has 0 amide bonds. The minimum atomic E-state index is 0.368. The van der Waals surface area contributed by atoms with Gasteiger partial charge in [-0.25, -0.2) is 0 Å². The van der Waals surface area contributed by atoms with E-state index in [9.17, 15) is 0 Å². The third kappa shape index (κ3) is 1.97. The van der Waals surface area contributed by atoms with Crippen LogP contribution in [0.15, 0.2) is 11.4 Å². The molecule has 0 aliphatic heterocycles. The van der Waals surface area contributed by atoms with Crippen LogP contribution in [-0.4, -0.2) is 6.04 Å². The minimum Gasteiger partial charge on any atom is -0.328 e. The molecule has 14 heavy (non-hydrogen) atoms. The van der Waals surface area contributed by atoms with Crippen LogP contribution in [0.4, 0.5) is 0 Å². The van der Waals surface area contributed by atoms with E-state index in [0.717, 1.165) is 16.7 Å². The highest BCUT2D eigenvalue weighted by atomic mass is 35.5. The van der Waals surface area contributed by atoms with E-state index in [0.29, 0.717) is 12.0 Å². The van der Waals surface area contributed by atoms with E-state index >= 15 is 0 Å². The Morgan fingerprint density at radius 2 is 2.29 bits per heavy atom. The summed E-state index contributed by atoms with van der Waals surface area (Å²) in [5, 5.41) is 2.07. The van der Waals surface area contributed by atoms with E-state index < -0.39 is 0 Å². The Bertz CT molecular complexity index is 310. The Labute approximate surface area is 94.3 Å². The molecule has 2 rings (SSSR count). The first-order valence-corrected chi connectivity index (χ1v) is 6.42. The van der Waals surface area contributed by atoms with Crippen molar-refractivity contribution >= 4 is 22.9 Å². The standard InChI is InChI=1S/C11H16ClNS/c1-7-2-3-8(13)6-10(7)9-4-5-14-11(9)12/h4-5,7-8,10H,2-3,6,13H2,1H3. The number of hydrogen-bond donors (Lipinski definition) is 1. The largest absolute Gasteiger partial charge is 0.328 e. The first kappa shape index (κ1) is 10.5. The second kappa shape index (κ2) is 4.21. The highest BCUT2D eigenvalue weighted by molar-refractivity contribution is 7.14. The summed E-state index contributed by atoms with van der Waals surface area (Å²) in [5.74, 6) is 1.30. The maximum atomic E-state index is 6.16. The van der Waals surface area contributed by atoms with Gasteiger partial charge < -0.3 is 5.73 Å². The first-order valence-electron chi connectivity index (χ1n) is 5.17. The van der Waals surface area contributed by atoms with Gasteiger partial charge >= 0.3 is 0 Å². The second-order valence-electron chi connectivity index (χ2n) is 4.31. The van der Waals surface area contributed by atoms with Crippen LogP contribution in [0.3, 0.4) is 0 Å². The maximum Gasteiger partial charge on any atom is 0.0963 e. The number of hydrogen-bond acceptors (Lipinski definition) is 2.